The Morgan fingerprint density at radius 2 is 1.95 bits per heavy atom. The third-order valence-corrected chi connectivity index (χ3v) is 8.06. The van der Waals surface area contributed by atoms with Gasteiger partial charge in [-0.05, 0) is 71.3 Å². The van der Waals surface area contributed by atoms with Gasteiger partial charge < -0.3 is 29.9 Å². The average molecular weight is 666 g/mol. The minimum atomic E-state index is -1.23. The van der Waals surface area contributed by atoms with Crippen LogP contribution in [0.4, 0.5) is 4.39 Å². The Labute approximate surface area is 245 Å². The van der Waals surface area contributed by atoms with Gasteiger partial charge in [-0.3, -0.25) is 14.4 Å². The summed E-state index contributed by atoms with van der Waals surface area (Å²) in [6.45, 7) is -0.0983. The van der Waals surface area contributed by atoms with Gasteiger partial charge in [0.25, 0.3) is 0 Å². The molecule has 11 heteroatoms. The van der Waals surface area contributed by atoms with E-state index in [9.17, 15) is 29.0 Å². The summed E-state index contributed by atoms with van der Waals surface area (Å²) in [5, 5.41) is 23.5. The van der Waals surface area contributed by atoms with Crippen molar-refractivity contribution in [2.75, 3.05) is 20.3 Å². The van der Waals surface area contributed by atoms with Crippen molar-refractivity contribution in [1.29, 1.82) is 0 Å². The van der Waals surface area contributed by atoms with Crippen molar-refractivity contribution in [2.45, 2.75) is 50.5 Å². The molecule has 2 aliphatic rings. The van der Waals surface area contributed by atoms with Crippen LogP contribution in [0, 0.1) is 15.3 Å². The maximum Gasteiger partial charge on any atom is 0.247 e. The molecule has 40 heavy (non-hydrogen) atoms. The summed E-state index contributed by atoms with van der Waals surface area (Å²) in [5.41, 5.74) is 1.35. The molecule has 4 rings (SSSR count). The van der Waals surface area contributed by atoms with Crippen molar-refractivity contribution < 1.29 is 38.5 Å². The number of ether oxygens (including phenoxy) is 2. The molecular formula is C29H32FIN2O7. The molecule has 2 aliphatic carbocycles. The van der Waals surface area contributed by atoms with Crippen molar-refractivity contribution in [1.82, 2.24) is 10.2 Å². The fourth-order valence-electron chi connectivity index (χ4n) is 4.87. The molecule has 0 bridgehead atoms. The van der Waals surface area contributed by atoms with Crippen LogP contribution in [0.25, 0.3) is 0 Å². The van der Waals surface area contributed by atoms with Crippen LogP contribution in [0.15, 0.2) is 48.0 Å². The second kappa shape index (κ2) is 13.6. The molecule has 0 unspecified atom stereocenters. The number of aliphatic hydroxyl groups is 2. The molecule has 2 aromatic carbocycles. The van der Waals surface area contributed by atoms with E-state index in [2.05, 4.69) is 5.32 Å². The number of aliphatic hydroxyl groups excluding tert-OH is 2. The van der Waals surface area contributed by atoms with Crippen LogP contribution < -0.4 is 14.8 Å². The first-order valence-electron chi connectivity index (χ1n) is 13.1. The normalized spacial score (nSPS) is 20.6. The summed E-state index contributed by atoms with van der Waals surface area (Å²) < 4.78 is 25.8. The van der Waals surface area contributed by atoms with Gasteiger partial charge in [0.2, 0.25) is 11.8 Å². The zero-order chi connectivity index (χ0) is 28.8. The molecule has 2 aromatic rings. The Balaban J connectivity index is 1.72. The van der Waals surface area contributed by atoms with E-state index in [4.69, 9.17) is 9.47 Å². The molecule has 0 spiro atoms. The molecule has 1 saturated carbocycles. The number of nitrogens with one attached hydrogen (secondary N) is 1. The van der Waals surface area contributed by atoms with Crippen LogP contribution in [0.5, 0.6) is 11.5 Å². The summed E-state index contributed by atoms with van der Waals surface area (Å²) in [5.74, 6) is -0.631. The number of aldehydes is 1. The van der Waals surface area contributed by atoms with Gasteiger partial charge in [-0.25, -0.2) is 4.39 Å². The SMILES string of the molecule is COc1cc(C=O)cc(I)c1O[C@H]1C=C(C(=O)NCCO)C[C@@H](N(Cc2ccc(F)cc2)C(=O)C2CCC2)[C@@H]1O. The number of hydrogen-bond acceptors (Lipinski definition) is 7. The highest BCUT2D eigenvalue weighted by atomic mass is 127. The maximum atomic E-state index is 13.7. The first-order valence-corrected chi connectivity index (χ1v) is 14.2. The minimum Gasteiger partial charge on any atom is -0.493 e. The van der Waals surface area contributed by atoms with Gasteiger partial charge in [0.05, 0.1) is 23.3 Å². The topological polar surface area (TPSA) is 125 Å². The third kappa shape index (κ3) is 6.81. The maximum absolute atomic E-state index is 13.7. The quantitative estimate of drug-likeness (QED) is 0.249. The van der Waals surface area contributed by atoms with Crippen LogP contribution in [0.2, 0.25) is 0 Å². The number of benzene rings is 2. The first-order chi connectivity index (χ1) is 19.2. The van der Waals surface area contributed by atoms with Crippen LogP contribution in [0.1, 0.15) is 41.6 Å². The van der Waals surface area contributed by atoms with Crippen LogP contribution in [0.3, 0.4) is 0 Å². The Morgan fingerprint density at radius 1 is 1.23 bits per heavy atom. The van der Waals surface area contributed by atoms with Crippen molar-refractivity contribution >= 4 is 40.7 Å². The molecule has 3 N–H and O–H groups in total. The Kier molecular flexibility index (Phi) is 10.1. The lowest BCUT2D eigenvalue weighted by atomic mass is 9.82. The second-order valence-electron chi connectivity index (χ2n) is 9.89. The van der Waals surface area contributed by atoms with Crippen molar-refractivity contribution in [3.05, 3.63) is 68.6 Å². The molecule has 214 valence electrons. The van der Waals surface area contributed by atoms with Crippen molar-refractivity contribution in [2.24, 2.45) is 5.92 Å². The number of amides is 2. The largest absolute Gasteiger partial charge is 0.493 e. The van der Waals surface area contributed by atoms with E-state index in [1.165, 1.54) is 31.4 Å². The number of carbonyl (C=O) groups is 3. The second-order valence-corrected chi connectivity index (χ2v) is 11.1. The number of hydrogen-bond donors (Lipinski definition) is 3. The molecule has 1 fully saturated rings. The van der Waals surface area contributed by atoms with Crippen LogP contribution >= 0.6 is 22.6 Å². The number of rotatable bonds is 11. The lowest BCUT2D eigenvalue weighted by Gasteiger charge is -2.43. The van der Waals surface area contributed by atoms with E-state index in [0.717, 1.165) is 19.3 Å². The zero-order valence-corrected chi connectivity index (χ0v) is 24.2. The predicted octanol–water partition coefficient (Wildman–Crippen LogP) is 3.00. The van der Waals surface area contributed by atoms with Gasteiger partial charge in [-0.15, -0.1) is 0 Å². The van der Waals surface area contributed by atoms with Crippen LogP contribution in [-0.4, -0.2) is 71.7 Å². The third-order valence-electron chi connectivity index (χ3n) is 7.26. The van der Waals surface area contributed by atoms with E-state index in [-0.39, 0.29) is 55.0 Å². The summed E-state index contributed by atoms with van der Waals surface area (Å²) in [6, 6.07) is 8.10. The zero-order valence-electron chi connectivity index (χ0n) is 22.0. The van der Waals surface area contributed by atoms with Gasteiger partial charge in [0.1, 0.15) is 24.3 Å². The molecule has 0 heterocycles. The van der Waals surface area contributed by atoms with Gasteiger partial charge in [0.15, 0.2) is 11.5 Å². The lowest BCUT2D eigenvalue weighted by molar-refractivity contribution is -0.146. The Morgan fingerprint density at radius 3 is 2.55 bits per heavy atom. The summed E-state index contributed by atoms with van der Waals surface area (Å²) >= 11 is 2.00. The minimum absolute atomic E-state index is 0.0358. The van der Waals surface area contributed by atoms with E-state index in [1.54, 1.807) is 23.1 Å². The first kappa shape index (κ1) is 29.9. The molecule has 2 amide bonds. The van der Waals surface area contributed by atoms with E-state index in [0.29, 0.717) is 21.0 Å². The number of carbonyl (C=O) groups excluding carboxylic acids is 3. The fraction of sp³-hybridized carbons (Fsp3) is 0.414. The molecule has 0 radical (unpaired) electrons. The summed E-state index contributed by atoms with van der Waals surface area (Å²) in [4.78, 5) is 39.6. The predicted molar refractivity (Wildman–Crippen MR) is 152 cm³/mol. The highest BCUT2D eigenvalue weighted by Gasteiger charge is 2.43. The Bertz CT molecular complexity index is 1270. The van der Waals surface area contributed by atoms with Crippen LogP contribution in [-0.2, 0) is 16.1 Å². The lowest BCUT2D eigenvalue weighted by Crippen LogP contribution is -2.56. The molecule has 0 saturated heterocycles. The highest BCUT2D eigenvalue weighted by Crippen LogP contribution is 2.38. The van der Waals surface area contributed by atoms with Gasteiger partial charge in [0, 0.05) is 36.6 Å². The number of halogens is 2. The molecule has 3 atom stereocenters. The molecule has 9 nitrogen and oxygen atoms in total. The van der Waals surface area contributed by atoms with Crippen molar-refractivity contribution in [3.63, 3.8) is 0 Å². The standard InChI is InChI=1S/C29H32FIN2O7/c1-39-25-12-18(16-35)11-22(31)27(25)40-24-14-20(28(37)32-9-10-34)13-23(26(24)36)33(29(38)19-3-2-4-19)15-17-5-7-21(30)8-6-17/h5-8,11-12,14,16,19,23-24,26,34,36H,2-4,9-10,13,15H2,1H3,(H,32,37)/t23-,24+,26+/m1/s1. The Hall–Kier alpha value is -3.03. The average Bonchev–Trinajstić information content (AvgIpc) is 2.92. The van der Waals surface area contributed by atoms with Gasteiger partial charge in [-0.1, -0.05) is 18.6 Å². The smallest absolute Gasteiger partial charge is 0.247 e. The summed E-state index contributed by atoms with van der Waals surface area (Å²) in [7, 11) is 1.43. The number of nitrogens with zero attached hydrogens (tertiary/aromatic N) is 1. The monoisotopic (exact) mass is 666 g/mol. The van der Waals surface area contributed by atoms with E-state index in [1.807, 2.05) is 22.6 Å². The molecular weight excluding hydrogens is 634 g/mol. The van der Waals surface area contributed by atoms with E-state index >= 15 is 0 Å². The van der Waals surface area contributed by atoms with E-state index < -0.39 is 30.0 Å². The summed E-state index contributed by atoms with van der Waals surface area (Å²) in [6.07, 6.45) is 2.37. The van der Waals surface area contributed by atoms with Gasteiger partial charge >= 0.3 is 0 Å². The van der Waals surface area contributed by atoms with Crippen molar-refractivity contribution in [3.8, 4) is 11.5 Å². The fourth-order valence-corrected chi connectivity index (χ4v) is 5.63. The molecule has 0 aromatic heterocycles. The number of methoxy groups -OCH3 is 1. The van der Waals surface area contributed by atoms with Gasteiger partial charge in [-0.2, -0.15) is 0 Å². The highest BCUT2D eigenvalue weighted by molar-refractivity contribution is 14.1. The molecule has 0 aliphatic heterocycles.